The average molecular weight is 451 g/mol. The Labute approximate surface area is 191 Å². The summed E-state index contributed by atoms with van der Waals surface area (Å²) in [6.45, 7) is 3.22. The Bertz CT molecular complexity index is 1330. The normalized spacial score (nSPS) is 12.8. The largest absolute Gasteiger partial charge is 0.489 e. The summed E-state index contributed by atoms with van der Waals surface area (Å²) in [5, 5.41) is 0.987. The number of furan rings is 1. The van der Waals surface area contributed by atoms with Gasteiger partial charge in [-0.1, -0.05) is 30.3 Å². The molecule has 1 aliphatic heterocycles. The van der Waals surface area contributed by atoms with E-state index in [4.69, 9.17) is 9.15 Å². The summed E-state index contributed by atoms with van der Waals surface area (Å²) in [5.41, 5.74) is 3.37. The fraction of sp³-hybridized carbons (Fsp3) is 0.200. The SMILES string of the molecule is CC(=O)N1CCc2oc3cc(-n4ccc(OCc5ccccc5)cc4=O)ccc3c2C1.Cl. The van der Waals surface area contributed by atoms with Crippen LogP contribution in [-0.2, 0) is 24.4 Å². The number of fused-ring (bicyclic) bond motifs is 3. The van der Waals surface area contributed by atoms with E-state index in [0.29, 0.717) is 31.9 Å². The summed E-state index contributed by atoms with van der Waals surface area (Å²) in [4.78, 5) is 26.3. The molecule has 4 aromatic rings. The first-order chi connectivity index (χ1) is 15.1. The Hall–Kier alpha value is -3.51. The summed E-state index contributed by atoms with van der Waals surface area (Å²) in [6.07, 6.45) is 2.41. The second-order valence-corrected chi connectivity index (χ2v) is 7.72. The van der Waals surface area contributed by atoms with Crippen LogP contribution in [0.3, 0.4) is 0 Å². The van der Waals surface area contributed by atoms with Crippen molar-refractivity contribution in [3.05, 3.63) is 94.1 Å². The van der Waals surface area contributed by atoms with E-state index in [1.165, 1.54) is 6.07 Å². The van der Waals surface area contributed by atoms with Crippen LogP contribution in [-0.4, -0.2) is 21.9 Å². The van der Waals surface area contributed by atoms with Crippen LogP contribution in [0.4, 0.5) is 0 Å². The zero-order valence-corrected chi connectivity index (χ0v) is 18.4. The van der Waals surface area contributed by atoms with Crippen molar-refractivity contribution in [3.8, 4) is 11.4 Å². The Balaban J connectivity index is 0.00000245. The van der Waals surface area contributed by atoms with Crippen LogP contribution in [0.25, 0.3) is 16.7 Å². The number of carbonyl (C=O) groups is 1. The second-order valence-electron chi connectivity index (χ2n) is 7.72. The van der Waals surface area contributed by atoms with Crippen LogP contribution >= 0.6 is 12.4 Å². The van der Waals surface area contributed by atoms with Crippen molar-refractivity contribution in [1.29, 1.82) is 0 Å². The van der Waals surface area contributed by atoms with E-state index in [1.54, 1.807) is 23.8 Å². The Kier molecular flexibility index (Phi) is 6.06. The molecule has 3 heterocycles. The number of ether oxygens (including phenoxy) is 1. The summed E-state index contributed by atoms with van der Waals surface area (Å²) in [6, 6.07) is 18.8. The molecule has 0 unspecified atom stereocenters. The second kappa shape index (κ2) is 8.93. The third-order valence-electron chi connectivity index (χ3n) is 5.68. The zero-order valence-electron chi connectivity index (χ0n) is 17.6. The molecule has 0 radical (unpaired) electrons. The van der Waals surface area contributed by atoms with E-state index >= 15 is 0 Å². The molecule has 7 heteroatoms. The van der Waals surface area contributed by atoms with Gasteiger partial charge in [0, 0.05) is 55.7 Å². The van der Waals surface area contributed by atoms with Gasteiger partial charge in [-0.05, 0) is 23.8 Å². The van der Waals surface area contributed by atoms with Gasteiger partial charge in [0.1, 0.15) is 23.7 Å². The Morgan fingerprint density at radius 3 is 2.66 bits per heavy atom. The Morgan fingerprint density at radius 1 is 1.09 bits per heavy atom. The van der Waals surface area contributed by atoms with Gasteiger partial charge in [-0.25, -0.2) is 0 Å². The van der Waals surface area contributed by atoms with Crippen LogP contribution in [0, 0.1) is 0 Å². The van der Waals surface area contributed by atoms with Gasteiger partial charge in [0.2, 0.25) is 5.91 Å². The van der Waals surface area contributed by atoms with E-state index in [-0.39, 0.29) is 23.9 Å². The van der Waals surface area contributed by atoms with Gasteiger partial charge in [0.25, 0.3) is 5.56 Å². The van der Waals surface area contributed by atoms with Crippen LogP contribution in [0.5, 0.6) is 5.75 Å². The molecule has 5 rings (SSSR count). The number of benzene rings is 2. The average Bonchev–Trinajstić information content (AvgIpc) is 3.15. The number of carbonyl (C=O) groups excluding carboxylic acids is 1. The number of pyridine rings is 1. The number of nitrogens with zero attached hydrogens (tertiary/aromatic N) is 2. The molecule has 0 bridgehead atoms. The highest BCUT2D eigenvalue weighted by molar-refractivity contribution is 5.86. The first-order valence-electron chi connectivity index (χ1n) is 10.3. The number of amides is 1. The van der Waals surface area contributed by atoms with Gasteiger partial charge in [-0.2, -0.15) is 0 Å². The maximum atomic E-state index is 12.7. The summed E-state index contributed by atoms with van der Waals surface area (Å²) < 4.78 is 13.4. The van der Waals surface area contributed by atoms with Crippen LogP contribution in [0.2, 0.25) is 0 Å². The lowest BCUT2D eigenvalue weighted by atomic mass is 10.0. The van der Waals surface area contributed by atoms with E-state index in [2.05, 4.69) is 0 Å². The molecule has 0 saturated heterocycles. The predicted octanol–water partition coefficient (Wildman–Crippen LogP) is 4.49. The lowest BCUT2D eigenvalue weighted by molar-refractivity contribution is -0.129. The highest BCUT2D eigenvalue weighted by atomic mass is 35.5. The maximum Gasteiger partial charge on any atom is 0.258 e. The van der Waals surface area contributed by atoms with Gasteiger partial charge < -0.3 is 14.1 Å². The molecular formula is C25H23ClN2O4. The summed E-state index contributed by atoms with van der Waals surface area (Å²) in [5.74, 6) is 1.52. The number of hydrogen-bond acceptors (Lipinski definition) is 4. The standard InChI is InChI=1S/C25H22N2O4.ClH/c1-17(28)26-11-10-23-22(15-26)21-8-7-19(13-24(21)31-23)27-12-9-20(14-25(27)29)30-16-18-5-3-2-4-6-18;/h2-9,12-14H,10-11,15-16H2,1H3;1H. The lowest BCUT2D eigenvalue weighted by Gasteiger charge is -2.25. The number of hydrogen-bond donors (Lipinski definition) is 0. The fourth-order valence-corrected chi connectivity index (χ4v) is 3.99. The van der Waals surface area contributed by atoms with Gasteiger partial charge in [0.15, 0.2) is 0 Å². The smallest absolute Gasteiger partial charge is 0.258 e. The van der Waals surface area contributed by atoms with E-state index < -0.39 is 0 Å². The molecule has 2 aromatic carbocycles. The quantitative estimate of drug-likeness (QED) is 0.459. The third kappa shape index (κ3) is 4.14. The van der Waals surface area contributed by atoms with Crippen molar-refractivity contribution < 1.29 is 13.9 Å². The molecule has 2 aromatic heterocycles. The summed E-state index contributed by atoms with van der Waals surface area (Å²) >= 11 is 0. The maximum absolute atomic E-state index is 12.7. The minimum atomic E-state index is -0.177. The molecule has 6 nitrogen and oxygen atoms in total. The van der Waals surface area contributed by atoms with Crippen LogP contribution < -0.4 is 10.3 Å². The van der Waals surface area contributed by atoms with E-state index in [0.717, 1.165) is 33.5 Å². The molecular weight excluding hydrogens is 428 g/mol. The van der Waals surface area contributed by atoms with E-state index in [1.807, 2.05) is 53.4 Å². The van der Waals surface area contributed by atoms with Gasteiger partial charge in [0.05, 0.1) is 5.69 Å². The molecule has 0 aliphatic carbocycles. The number of halogens is 1. The molecule has 0 saturated carbocycles. The molecule has 164 valence electrons. The first-order valence-corrected chi connectivity index (χ1v) is 10.3. The molecule has 0 fully saturated rings. The zero-order chi connectivity index (χ0) is 21.4. The fourth-order valence-electron chi connectivity index (χ4n) is 3.99. The Morgan fingerprint density at radius 2 is 1.91 bits per heavy atom. The molecule has 1 aliphatic rings. The molecule has 0 N–H and O–H groups in total. The van der Waals surface area contributed by atoms with Gasteiger partial charge in [-0.3, -0.25) is 14.2 Å². The molecule has 32 heavy (non-hydrogen) atoms. The molecule has 0 atom stereocenters. The highest BCUT2D eigenvalue weighted by Gasteiger charge is 2.24. The highest BCUT2D eigenvalue weighted by Crippen LogP contribution is 2.32. The van der Waals surface area contributed by atoms with Crippen LogP contribution in [0.1, 0.15) is 23.8 Å². The predicted molar refractivity (Wildman–Crippen MR) is 125 cm³/mol. The lowest BCUT2D eigenvalue weighted by Crippen LogP contribution is -2.33. The van der Waals surface area contributed by atoms with Crippen molar-refractivity contribution in [2.45, 2.75) is 26.5 Å². The van der Waals surface area contributed by atoms with Crippen molar-refractivity contribution >= 4 is 29.3 Å². The van der Waals surface area contributed by atoms with Gasteiger partial charge >= 0.3 is 0 Å². The topological polar surface area (TPSA) is 64.7 Å². The van der Waals surface area contributed by atoms with Crippen molar-refractivity contribution in [1.82, 2.24) is 9.47 Å². The van der Waals surface area contributed by atoms with Crippen molar-refractivity contribution in [2.24, 2.45) is 0 Å². The summed E-state index contributed by atoms with van der Waals surface area (Å²) in [7, 11) is 0. The number of rotatable bonds is 4. The minimum absolute atomic E-state index is 0. The number of aromatic nitrogens is 1. The molecule has 1 amide bonds. The van der Waals surface area contributed by atoms with Crippen LogP contribution in [0.15, 0.2) is 76.1 Å². The van der Waals surface area contributed by atoms with Gasteiger partial charge in [-0.15, -0.1) is 12.4 Å². The van der Waals surface area contributed by atoms with E-state index in [9.17, 15) is 9.59 Å². The monoisotopic (exact) mass is 450 g/mol. The first kappa shape index (κ1) is 21.7. The van der Waals surface area contributed by atoms with Crippen molar-refractivity contribution in [3.63, 3.8) is 0 Å². The molecule has 0 spiro atoms. The third-order valence-corrected chi connectivity index (χ3v) is 5.68. The minimum Gasteiger partial charge on any atom is -0.489 e. The van der Waals surface area contributed by atoms with Crippen molar-refractivity contribution in [2.75, 3.05) is 6.54 Å².